The van der Waals surface area contributed by atoms with Gasteiger partial charge in [0.1, 0.15) is 0 Å². The lowest BCUT2D eigenvalue weighted by atomic mass is 9.74. The first-order chi connectivity index (χ1) is 10.6. The van der Waals surface area contributed by atoms with E-state index in [2.05, 4.69) is 44.4 Å². The molecule has 0 aliphatic heterocycles. The molecule has 0 saturated heterocycles. The van der Waals surface area contributed by atoms with Crippen molar-refractivity contribution in [3.8, 4) is 11.8 Å². The van der Waals surface area contributed by atoms with Crippen LogP contribution in [0.2, 0.25) is 0 Å². The quantitative estimate of drug-likeness (QED) is 0.469. The van der Waals surface area contributed by atoms with Crippen LogP contribution in [0, 0.1) is 29.6 Å². The second-order valence-corrected chi connectivity index (χ2v) is 6.55. The minimum atomic E-state index is -0.118. The second kappa shape index (κ2) is 13.6. The Bertz CT molecular complexity index is 350. The van der Waals surface area contributed by atoms with Gasteiger partial charge < -0.3 is 5.11 Å². The molecular formula is C21H36O. The maximum atomic E-state index is 10.4. The summed E-state index contributed by atoms with van der Waals surface area (Å²) in [7, 11) is 0. The van der Waals surface area contributed by atoms with Crippen molar-refractivity contribution in [2.45, 2.75) is 78.7 Å². The second-order valence-electron chi connectivity index (χ2n) is 6.55. The Morgan fingerprint density at radius 3 is 2.36 bits per heavy atom. The van der Waals surface area contributed by atoms with Crippen molar-refractivity contribution in [3.05, 3.63) is 24.8 Å². The maximum Gasteiger partial charge on any atom is 0.0574 e. The van der Waals surface area contributed by atoms with E-state index in [0.29, 0.717) is 17.8 Å². The summed E-state index contributed by atoms with van der Waals surface area (Å²) in [5, 5.41) is 10.4. The van der Waals surface area contributed by atoms with Gasteiger partial charge in [-0.05, 0) is 63.7 Å². The lowest BCUT2D eigenvalue weighted by Gasteiger charge is -2.34. The molecule has 0 aromatic heterocycles. The van der Waals surface area contributed by atoms with E-state index in [-0.39, 0.29) is 6.10 Å². The van der Waals surface area contributed by atoms with Crippen molar-refractivity contribution in [2.75, 3.05) is 0 Å². The van der Waals surface area contributed by atoms with E-state index < -0.39 is 0 Å². The fourth-order valence-electron chi connectivity index (χ4n) is 3.10. The molecule has 3 unspecified atom stereocenters. The number of aliphatic hydroxyl groups excluding tert-OH is 1. The number of rotatable bonds is 7. The van der Waals surface area contributed by atoms with Crippen molar-refractivity contribution < 1.29 is 5.11 Å². The number of hydrogen-bond acceptors (Lipinski definition) is 1. The predicted molar refractivity (Wildman–Crippen MR) is 98.6 cm³/mol. The smallest absolute Gasteiger partial charge is 0.0574 e. The summed E-state index contributed by atoms with van der Waals surface area (Å²) in [4.78, 5) is 0. The fraction of sp³-hybridized carbons (Fsp3) is 0.714. The largest absolute Gasteiger partial charge is 0.393 e. The molecule has 0 heterocycles. The molecule has 1 N–H and O–H groups in total. The third-order valence-electron chi connectivity index (χ3n) is 4.33. The lowest BCUT2D eigenvalue weighted by molar-refractivity contribution is 0.0430. The summed E-state index contributed by atoms with van der Waals surface area (Å²) < 4.78 is 0. The minimum absolute atomic E-state index is 0.118. The van der Waals surface area contributed by atoms with E-state index in [1.807, 2.05) is 19.9 Å². The van der Waals surface area contributed by atoms with Crippen molar-refractivity contribution in [2.24, 2.45) is 17.8 Å². The molecule has 0 aromatic rings. The van der Waals surface area contributed by atoms with Gasteiger partial charge in [0.05, 0.1) is 6.10 Å². The van der Waals surface area contributed by atoms with Crippen LogP contribution in [-0.4, -0.2) is 11.2 Å². The van der Waals surface area contributed by atoms with E-state index in [9.17, 15) is 5.11 Å². The minimum Gasteiger partial charge on any atom is -0.393 e. The number of aliphatic hydroxyl groups is 1. The first kappa shape index (κ1) is 21.0. The normalized spacial score (nSPS) is 22.5. The molecule has 1 saturated carbocycles. The fourth-order valence-corrected chi connectivity index (χ4v) is 3.10. The Labute approximate surface area is 138 Å². The Balaban J connectivity index is 0.000000980. The SMILES string of the molecule is C=CCC1CCCCC1C(O)CC/C=C/C(C)C.CC#CC. The highest BCUT2D eigenvalue weighted by atomic mass is 16.3. The maximum absolute atomic E-state index is 10.4. The van der Waals surface area contributed by atoms with Crippen LogP contribution in [0.4, 0.5) is 0 Å². The summed E-state index contributed by atoms with van der Waals surface area (Å²) in [5.74, 6) is 7.15. The molecule has 22 heavy (non-hydrogen) atoms. The summed E-state index contributed by atoms with van der Waals surface area (Å²) in [5.41, 5.74) is 0. The van der Waals surface area contributed by atoms with Crippen LogP contribution >= 0.6 is 0 Å². The van der Waals surface area contributed by atoms with Gasteiger partial charge in [-0.15, -0.1) is 18.4 Å². The Kier molecular flexibility index (Phi) is 13.0. The molecule has 1 aliphatic rings. The molecule has 3 atom stereocenters. The summed E-state index contributed by atoms with van der Waals surface area (Å²) in [6.07, 6.45) is 14.5. The van der Waals surface area contributed by atoms with E-state index >= 15 is 0 Å². The molecule has 0 aromatic carbocycles. The highest BCUT2D eigenvalue weighted by Gasteiger charge is 2.29. The molecule has 0 bridgehead atoms. The molecule has 1 heteroatoms. The van der Waals surface area contributed by atoms with Gasteiger partial charge in [0.2, 0.25) is 0 Å². The van der Waals surface area contributed by atoms with Gasteiger partial charge in [-0.1, -0.05) is 44.9 Å². The zero-order valence-electron chi connectivity index (χ0n) is 15.1. The van der Waals surface area contributed by atoms with Crippen molar-refractivity contribution >= 4 is 0 Å². The third kappa shape index (κ3) is 9.85. The topological polar surface area (TPSA) is 20.2 Å². The zero-order valence-corrected chi connectivity index (χ0v) is 15.1. The van der Waals surface area contributed by atoms with Gasteiger partial charge in [-0.25, -0.2) is 0 Å². The van der Waals surface area contributed by atoms with Crippen LogP contribution < -0.4 is 0 Å². The van der Waals surface area contributed by atoms with Gasteiger partial charge in [-0.3, -0.25) is 0 Å². The third-order valence-corrected chi connectivity index (χ3v) is 4.33. The Morgan fingerprint density at radius 1 is 1.18 bits per heavy atom. The van der Waals surface area contributed by atoms with Gasteiger partial charge >= 0.3 is 0 Å². The average molecular weight is 305 g/mol. The van der Waals surface area contributed by atoms with Gasteiger partial charge in [-0.2, -0.15) is 0 Å². The standard InChI is InChI=1S/C17H30O.C4H6/c1-4-9-15-11-6-7-12-16(15)17(18)13-8-5-10-14(2)3;1-3-4-2/h4-5,10,14-18H,1,6-9,11-13H2,2-3H3;1-2H3/b10-5+;. The Morgan fingerprint density at radius 2 is 1.82 bits per heavy atom. The van der Waals surface area contributed by atoms with Crippen LogP contribution in [0.1, 0.15) is 72.6 Å². The Hall–Kier alpha value is -1.00. The van der Waals surface area contributed by atoms with E-state index in [1.165, 1.54) is 25.7 Å². The van der Waals surface area contributed by atoms with Crippen LogP contribution in [0.3, 0.4) is 0 Å². The molecular weight excluding hydrogens is 268 g/mol. The number of hydrogen-bond donors (Lipinski definition) is 1. The zero-order chi connectivity index (χ0) is 16.8. The highest BCUT2D eigenvalue weighted by Crippen LogP contribution is 2.36. The molecule has 126 valence electrons. The van der Waals surface area contributed by atoms with Crippen molar-refractivity contribution in [1.29, 1.82) is 0 Å². The van der Waals surface area contributed by atoms with Gasteiger partial charge in [0.15, 0.2) is 0 Å². The summed E-state index contributed by atoms with van der Waals surface area (Å²) in [6, 6.07) is 0. The molecule has 0 spiro atoms. The van der Waals surface area contributed by atoms with E-state index in [4.69, 9.17) is 0 Å². The average Bonchev–Trinajstić information content (AvgIpc) is 2.52. The van der Waals surface area contributed by atoms with Crippen molar-refractivity contribution in [1.82, 2.24) is 0 Å². The van der Waals surface area contributed by atoms with Crippen molar-refractivity contribution in [3.63, 3.8) is 0 Å². The lowest BCUT2D eigenvalue weighted by Crippen LogP contribution is -2.30. The number of allylic oxidation sites excluding steroid dienone is 3. The summed E-state index contributed by atoms with van der Waals surface area (Å²) >= 11 is 0. The van der Waals surface area contributed by atoms with Crippen LogP contribution in [0.25, 0.3) is 0 Å². The van der Waals surface area contributed by atoms with E-state index in [0.717, 1.165) is 19.3 Å². The molecule has 0 radical (unpaired) electrons. The molecule has 1 rings (SSSR count). The van der Waals surface area contributed by atoms with Gasteiger partial charge in [0.25, 0.3) is 0 Å². The first-order valence-electron chi connectivity index (χ1n) is 8.85. The summed E-state index contributed by atoms with van der Waals surface area (Å²) in [6.45, 7) is 11.9. The molecule has 0 amide bonds. The van der Waals surface area contributed by atoms with Crippen LogP contribution in [0.15, 0.2) is 24.8 Å². The monoisotopic (exact) mass is 304 g/mol. The van der Waals surface area contributed by atoms with Crippen LogP contribution in [0.5, 0.6) is 0 Å². The van der Waals surface area contributed by atoms with Gasteiger partial charge in [0, 0.05) is 0 Å². The molecule has 1 aliphatic carbocycles. The van der Waals surface area contributed by atoms with E-state index in [1.54, 1.807) is 0 Å². The molecule has 1 fully saturated rings. The van der Waals surface area contributed by atoms with Crippen LogP contribution in [-0.2, 0) is 0 Å². The first-order valence-corrected chi connectivity index (χ1v) is 8.85. The predicted octanol–water partition coefficient (Wildman–Crippen LogP) is 5.75. The highest BCUT2D eigenvalue weighted by molar-refractivity contribution is 4.89. The molecule has 1 nitrogen and oxygen atoms in total.